The molecule has 1 saturated heterocycles. The number of rotatable bonds is 5. The van der Waals surface area contributed by atoms with E-state index in [0.29, 0.717) is 18.2 Å². The highest BCUT2D eigenvalue weighted by molar-refractivity contribution is 5.92. The highest BCUT2D eigenvalue weighted by atomic mass is 16.5. The molecule has 0 N–H and O–H groups in total. The Labute approximate surface area is 130 Å². The van der Waals surface area contributed by atoms with E-state index in [4.69, 9.17) is 4.52 Å². The van der Waals surface area contributed by atoms with E-state index in [9.17, 15) is 4.79 Å². The van der Waals surface area contributed by atoms with Crippen molar-refractivity contribution in [2.24, 2.45) is 0 Å². The fourth-order valence-electron chi connectivity index (χ4n) is 3.06. The van der Waals surface area contributed by atoms with Crippen molar-refractivity contribution >= 4 is 5.91 Å². The number of amides is 1. The third kappa shape index (κ3) is 3.05. The topological polar surface area (TPSA) is 64.2 Å². The van der Waals surface area contributed by atoms with Gasteiger partial charge in [0.15, 0.2) is 5.69 Å². The second kappa shape index (κ2) is 6.77. The van der Waals surface area contributed by atoms with Gasteiger partial charge in [-0.15, -0.1) is 0 Å². The predicted octanol–water partition coefficient (Wildman–Crippen LogP) is 2.69. The molecule has 0 spiro atoms. The Morgan fingerprint density at radius 3 is 3.18 bits per heavy atom. The van der Waals surface area contributed by atoms with Gasteiger partial charge in [-0.25, -0.2) is 4.98 Å². The minimum atomic E-state index is -0.0508. The van der Waals surface area contributed by atoms with Crippen LogP contribution in [0.3, 0.4) is 0 Å². The Bertz CT molecular complexity index is 605. The van der Waals surface area contributed by atoms with Gasteiger partial charge in [-0.05, 0) is 19.3 Å². The Balaban J connectivity index is 1.70. The first kappa shape index (κ1) is 14.8. The maximum absolute atomic E-state index is 12.4. The fraction of sp³-hybridized carbons (Fsp3) is 0.562. The summed E-state index contributed by atoms with van der Waals surface area (Å²) in [6, 6.07) is 1.62. The van der Waals surface area contributed by atoms with Crippen molar-refractivity contribution in [2.75, 3.05) is 13.1 Å². The van der Waals surface area contributed by atoms with Gasteiger partial charge < -0.3 is 14.0 Å². The number of likely N-dealkylation sites (tertiary alicyclic amines) is 1. The second-order valence-corrected chi connectivity index (χ2v) is 5.81. The first-order valence-electron chi connectivity index (χ1n) is 8.00. The van der Waals surface area contributed by atoms with Gasteiger partial charge in [0.2, 0.25) is 0 Å². The lowest BCUT2D eigenvalue weighted by molar-refractivity contribution is 0.0692. The number of imidazole rings is 1. The van der Waals surface area contributed by atoms with Crippen LogP contribution in [0.5, 0.6) is 0 Å². The first-order valence-corrected chi connectivity index (χ1v) is 8.00. The maximum atomic E-state index is 12.4. The number of aryl methyl sites for hydroxylation is 1. The zero-order valence-corrected chi connectivity index (χ0v) is 12.9. The van der Waals surface area contributed by atoms with Crippen LogP contribution in [0, 0.1) is 0 Å². The van der Waals surface area contributed by atoms with Crippen molar-refractivity contribution in [1.29, 1.82) is 0 Å². The number of nitrogens with zero attached hydrogens (tertiary/aromatic N) is 4. The molecule has 3 rings (SSSR count). The Hall–Kier alpha value is -2.11. The molecule has 0 aliphatic carbocycles. The lowest BCUT2D eigenvalue weighted by Crippen LogP contribution is -2.40. The molecule has 2 aromatic rings. The summed E-state index contributed by atoms with van der Waals surface area (Å²) in [4.78, 5) is 18.8. The quantitative estimate of drug-likeness (QED) is 0.852. The van der Waals surface area contributed by atoms with Crippen LogP contribution in [-0.4, -0.2) is 38.6 Å². The normalized spacial score (nSPS) is 18.6. The summed E-state index contributed by atoms with van der Waals surface area (Å²) in [5.41, 5.74) is 0.384. The van der Waals surface area contributed by atoms with Crippen LogP contribution in [-0.2, 0) is 6.54 Å². The molecule has 6 nitrogen and oxygen atoms in total. The molecule has 0 radical (unpaired) electrons. The summed E-state index contributed by atoms with van der Waals surface area (Å²) in [6.45, 7) is 4.67. The maximum Gasteiger partial charge on any atom is 0.276 e. The molecule has 0 unspecified atom stereocenters. The van der Waals surface area contributed by atoms with E-state index in [1.165, 1.54) is 12.7 Å². The monoisotopic (exact) mass is 302 g/mol. The average molecular weight is 302 g/mol. The SMILES string of the molecule is CCCCn1ccnc1[C@@H]1CCCN(C(=O)c2ccon2)C1. The minimum Gasteiger partial charge on any atom is -0.364 e. The van der Waals surface area contributed by atoms with Gasteiger partial charge in [-0.3, -0.25) is 4.79 Å². The Morgan fingerprint density at radius 1 is 1.50 bits per heavy atom. The molecule has 0 saturated carbocycles. The molecule has 1 aliphatic rings. The van der Waals surface area contributed by atoms with Gasteiger partial charge >= 0.3 is 0 Å². The van der Waals surface area contributed by atoms with Gasteiger partial charge in [0, 0.05) is 44.0 Å². The van der Waals surface area contributed by atoms with Gasteiger partial charge in [0.05, 0.1) is 0 Å². The third-order valence-electron chi connectivity index (χ3n) is 4.23. The Morgan fingerprint density at radius 2 is 2.41 bits per heavy atom. The average Bonchev–Trinajstić information content (AvgIpc) is 3.23. The van der Waals surface area contributed by atoms with Crippen LogP contribution in [0.1, 0.15) is 54.8 Å². The smallest absolute Gasteiger partial charge is 0.276 e. The molecule has 1 atom stereocenters. The largest absolute Gasteiger partial charge is 0.364 e. The van der Waals surface area contributed by atoms with Crippen molar-refractivity contribution in [3.63, 3.8) is 0 Å². The molecule has 0 aromatic carbocycles. The first-order chi connectivity index (χ1) is 10.8. The van der Waals surface area contributed by atoms with Gasteiger partial charge in [0.1, 0.15) is 12.1 Å². The van der Waals surface area contributed by atoms with E-state index in [-0.39, 0.29) is 5.91 Å². The highest BCUT2D eigenvalue weighted by Crippen LogP contribution is 2.26. The van der Waals surface area contributed by atoms with Crippen molar-refractivity contribution in [3.05, 3.63) is 36.2 Å². The number of aromatic nitrogens is 3. The molecule has 3 heterocycles. The summed E-state index contributed by atoms with van der Waals surface area (Å²) in [5.74, 6) is 1.35. The van der Waals surface area contributed by atoms with Gasteiger partial charge in [0.25, 0.3) is 5.91 Å². The number of carbonyl (C=O) groups is 1. The minimum absolute atomic E-state index is 0.0508. The molecule has 1 aliphatic heterocycles. The second-order valence-electron chi connectivity index (χ2n) is 5.81. The Kier molecular flexibility index (Phi) is 4.56. The van der Waals surface area contributed by atoms with Crippen LogP contribution in [0.25, 0.3) is 0 Å². The molecule has 22 heavy (non-hydrogen) atoms. The van der Waals surface area contributed by atoms with Crippen LogP contribution < -0.4 is 0 Å². The summed E-state index contributed by atoms with van der Waals surface area (Å²) in [5, 5.41) is 3.75. The molecular weight excluding hydrogens is 280 g/mol. The predicted molar refractivity (Wildman–Crippen MR) is 81.5 cm³/mol. The molecule has 6 heteroatoms. The zero-order chi connectivity index (χ0) is 15.4. The van der Waals surface area contributed by atoms with Crippen LogP contribution in [0.2, 0.25) is 0 Å². The highest BCUT2D eigenvalue weighted by Gasteiger charge is 2.28. The van der Waals surface area contributed by atoms with E-state index in [0.717, 1.165) is 38.2 Å². The molecule has 0 bridgehead atoms. The number of piperidine rings is 1. The molecule has 118 valence electrons. The number of unbranched alkanes of at least 4 members (excludes halogenated alkanes) is 1. The zero-order valence-electron chi connectivity index (χ0n) is 12.9. The fourth-order valence-corrected chi connectivity index (χ4v) is 3.06. The van der Waals surface area contributed by atoms with E-state index in [2.05, 4.69) is 21.6 Å². The van der Waals surface area contributed by atoms with E-state index < -0.39 is 0 Å². The molecular formula is C16H22N4O2. The standard InChI is InChI=1S/C16H22N4O2/c1-2-3-8-19-10-7-17-15(19)13-5-4-9-20(12-13)16(21)14-6-11-22-18-14/h6-7,10-11,13H,2-5,8-9,12H2,1H3/t13-/m1/s1. The van der Waals surface area contributed by atoms with Crippen LogP contribution >= 0.6 is 0 Å². The summed E-state index contributed by atoms with van der Waals surface area (Å²) in [6.07, 6.45) is 9.73. The van der Waals surface area contributed by atoms with Gasteiger partial charge in [-0.2, -0.15) is 0 Å². The van der Waals surface area contributed by atoms with Crippen molar-refractivity contribution < 1.29 is 9.32 Å². The van der Waals surface area contributed by atoms with Crippen LogP contribution in [0.15, 0.2) is 29.2 Å². The summed E-state index contributed by atoms with van der Waals surface area (Å²) < 4.78 is 7.01. The number of hydrogen-bond acceptors (Lipinski definition) is 4. The molecule has 2 aromatic heterocycles. The summed E-state index contributed by atoms with van der Waals surface area (Å²) >= 11 is 0. The van der Waals surface area contributed by atoms with E-state index in [1.54, 1.807) is 6.07 Å². The van der Waals surface area contributed by atoms with Crippen molar-refractivity contribution in [3.8, 4) is 0 Å². The number of hydrogen-bond donors (Lipinski definition) is 0. The number of carbonyl (C=O) groups excluding carboxylic acids is 1. The third-order valence-corrected chi connectivity index (χ3v) is 4.23. The lowest BCUT2D eigenvalue weighted by Gasteiger charge is -2.32. The van der Waals surface area contributed by atoms with E-state index >= 15 is 0 Å². The molecule has 1 fully saturated rings. The van der Waals surface area contributed by atoms with Crippen LogP contribution in [0.4, 0.5) is 0 Å². The lowest BCUT2D eigenvalue weighted by atomic mass is 9.96. The molecule has 1 amide bonds. The van der Waals surface area contributed by atoms with Gasteiger partial charge in [-0.1, -0.05) is 18.5 Å². The van der Waals surface area contributed by atoms with Crippen molar-refractivity contribution in [1.82, 2.24) is 19.6 Å². The van der Waals surface area contributed by atoms with E-state index in [1.807, 2.05) is 17.3 Å². The summed E-state index contributed by atoms with van der Waals surface area (Å²) in [7, 11) is 0. The van der Waals surface area contributed by atoms with Crippen molar-refractivity contribution in [2.45, 2.75) is 45.1 Å².